The van der Waals surface area contributed by atoms with Crippen LogP contribution in [0.3, 0.4) is 0 Å². The standard InChI is InChI=1S/C16H15ClN2O3/c17-14-4-2-1-3-13(14)15(21)9-18-16(22)11-5-7-12(8-6-11)19-10-20/h1-8,10,15,21H,9H2,(H,18,22)(H,19,20)/t15-/m0/s1. The second-order valence-electron chi connectivity index (χ2n) is 4.59. The average molecular weight is 319 g/mol. The van der Waals surface area contributed by atoms with Crippen LogP contribution in [0.4, 0.5) is 5.69 Å². The van der Waals surface area contributed by atoms with E-state index in [0.717, 1.165) is 0 Å². The molecule has 0 heterocycles. The van der Waals surface area contributed by atoms with Crippen LogP contribution in [-0.4, -0.2) is 24.0 Å². The summed E-state index contributed by atoms with van der Waals surface area (Å²) < 4.78 is 0. The first-order valence-corrected chi connectivity index (χ1v) is 7.00. The van der Waals surface area contributed by atoms with Gasteiger partial charge in [-0.1, -0.05) is 29.8 Å². The molecule has 2 amide bonds. The van der Waals surface area contributed by atoms with E-state index in [1.165, 1.54) is 0 Å². The van der Waals surface area contributed by atoms with Gasteiger partial charge in [-0.2, -0.15) is 0 Å². The van der Waals surface area contributed by atoms with Crippen LogP contribution in [0.1, 0.15) is 22.0 Å². The molecule has 0 aliphatic carbocycles. The summed E-state index contributed by atoms with van der Waals surface area (Å²) in [6.07, 6.45) is -0.316. The first-order chi connectivity index (χ1) is 10.6. The smallest absolute Gasteiger partial charge is 0.251 e. The number of halogens is 1. The molecule has 1 atom stereocenters. The predicted molar refractivity (Wildman–Crippen MR) is 84.9 cm³/mol. The molecule has 114 valence electrons. The average Bonchev–Trinajstić information content (AvgIpc) is 2.54. The molecule has 3 N–H and O–H groups in total. The van der Waals surface area contributed by atoms with Crippen molar-refractivity contribution in [1.82, 2.24) is 5.32 Å². The summed E-state index contributed by atoms with van der Waals surface area (Å²) in [4.78, 5) is 22.3. The van der Waals surface area contributed by atoms with Crippen molar-refractivity contribution >= 4 is 29.6 Å². The summed E-state index contributed by atoms with van der Waals surface area (Å²) in [7, 11) is 0. The number of amides is 2. The summed E-state index contributed by atoms with van der Waals surface area (Å²) in [6.45, 7) is 0.0525. The van der Waals surface area contributed by atoms with Gasteiger partial charge < -0.3 is 15.7 Å². The van der Waals surface area contributed by atoms with Crippen LogP contribution in [0.15, 0.2) is 48.5 Å². The van der Waals surface area contributed by atoms with Crippen LogP contribution in [0.5, 0.6) is 0 Å². The number of aliphatic hydroxyl groups excluding tert-OH is 1. The highest BCUT2D eigenvalue weighted by Gasteiger charge is 2.13. The van der Waals surface area contributed by atoms with E-state index < -0.39 is 6.10 Å². The summed E-state index contributed by atoms with van der Waals surface area (Å²) in [5.41, 5.74) is 1.60. The van der Waals surface area contributed by atoms with Gasteiger partial charge in [0, 0.05) is 28.4 Å². The van der Waals surface area contributed by atoms with Gasteiger partial charge in [-0.25, -0.2) is 0 Å². The van der Waals surface area contributed by atoms with Gasteiger partial charge in [0.1, 0.15) is 0 Å². The summed E-state index contributed by atoms with van der Waals surface area (Å²) in [5, 5.41) is 15.6. The van der Waals surface area contributed by atoms with Crippen molar-refractivity contribution in [1.29, 1.82) is 0 Å². The lowest BCUT2D eigenvalue weighted by atomic mass is 10.1. The Bertz CT molecular complexity index is 659. The van der Waals surface area contributed by atoms with E-state index >= 15 is 0 Å². The van der Waals surface area contributed by atoms with Crippen LogP contribution >= 0.6 is 11.6 Å². The second kappa shape index (κ2) is 7.59. The number of benzene rings is 2. The summed E-state index contributed by atoms with van der Waals surface area (Å²) in [5.74, 6) is -0.316. The number of anilines is 1. The lowest BCUT2D eigenvalue weighted by Crippen LogP contribution is -2.28. The highest BCUT2D eigenvalue weighted by Crippen LogP contribution is 2.21. The van der Waals surface area contributed by atoms with Crippen molar-refractivity contribution in [2.45, 2.75) is 6.10 Å². The lowest BCUT2D eigenvalue weighted by molar-refractivity contribution is -0.105. The number of nitrogens with one attached hydrogen (secondary N) is 2. The molecule has 0 unspecified atom stereocenters. The third-order valence-electron chi connectivity index (χ3n) is 3.09. The minimum Gasteiger partial charge on any atom is -0.387 e. The zero-order valence-corrected chi connectivity index (χ0v) is 12.4. The second-order valence-corrected chi connectivity index (χ2v) is 4.99. The molecule has 0 fully saturated rings. The maximum Gasteiger partial charge on any atom is 0.251 e. The third kappa shape index (κ3) is 4.07. The fourth-order valence-electron chi connectivity index (χ4n) is 1.93. The van der Waals surface area contributed by atoms with Gasteiger partial charge in [0.15, 0.2) is 0 Å². The van der Waals surface area contributed by atoms with Crippen molar-refractivity contribution < 1.29 is 14.7 Å². The van der Waals surface area contributed by atoms with E-state index in [1.54, 1.807) is 48.5 Å². The minimum atomic E-state index is -0.881. The quantitative estimate of drug-likeness (QED) is 0.715. The van der Waals surface area contributed by atoms with Crippen molar-refractivity contribution in [2.75, 3.05) is 11.9 Å². The molecular formula is C16H15ClN2O3. The predicted octanol–water partition coefficient (Wildman–Crippen LogP) is 2.37. The molecule has 0 saturated carbocycles. The van der Waals surface area contributed by atoms with Crippen LogP contribution in [0.2, 0.25) is 5.02 Å². The summed E-state index contributed by atoms with van der Waals surface area (Å²) in [6, 6.07) is 13.3. The molecule has 22 heavy (non-hydrogen) atoms. The van der Waals surface area contributed by atoms with Gasteiger partial charge in [-0.15, -0.1) is 0 Å². The minimum absolute atomic E-state index is 0.0525. The molecule has 6 heteroatoms. The number of rotatable bonds is 6. The zero-order chi connectivity index (χ0) is 15.9. The first-order valence-electron chi connectivity index (χ1n) is 6.62. The topological polar surface area (TPSA) is 78.4 Å². The fraction of sp³-hybridized carbons (Fsp3) is 0.125. The van der Waals surface area contributed by atoms with Gasteiger partial charge >= 0.3 is 0 Å². The number of aliphatic hydroxyl groups is 1. The van der Waals surface area contributed by atoms with E-state index in [2.05, 4.69) is 10.6 Å². The van der Waals surface area contributed by atoms with E-state index in [0.29, 0.717) is 28.2 Å². The molecule has 2 aromatic rings. The van der Waals surface area contributed by atoms with E-state index in [9.17, 15) is 14.7 Å². The van der Waals surface area contributed by atoms with E-state index in [-0.39, 0.29) is 12.5 Å². The molecule has 0 aliphatic heterocycles. The van der Waals surface area contributed by atoms with Gasteiger partial charge in [0.05, 0.1) is 6.10 Å². The third-order valence-corrected chi connectivity index (χ3v) is 3.44. The number of hydrogen-bond acceptors (Lipinski definition) is 3. The molecule has 0 aliphatic rings. The van der Waals surface area contributed by atoms with Gasteiger partial charge in [-0.05, 0) is 30.3 Å². The lowest BCUT2D eigenvalue weighted by Gasteiger charge is -2.13. The molecular weight excluding hydrogens is 304 g/mol. The molecule has 0 aromatic heterocycles. The number of carbonyl (C=O) groups is 2. The Morgan fingerprint density at radius 3 is 2.50 bits per heavy atom. The Kier molecular flexibility index (Phi) is 5.52. The molecule has 0 radical (unpaired) electrons. The largest absolute Gasteiger partial charge is 0.387 e. The van der Waals surface area contributed by atoms with Gasteiger partial charge in [-0.3, -0.25) is 9.59 Å². The van der Waals surface area contributed by atoms with E-state index in [4.69, 9.17) is 11.6 Å². The van der Waals surface area contributed by atoms with Crippen molar-refractivity contribution in [3.05, 3.63) is 64.7 Å². The zero-order valence-electron chi connectivity index (χ0n) is 11.6. The summed E-state index contributed by atoms with van der Waals surface area (Å²) >= 11 is 5.99. The SMILES string of the molecule is O=CNc1ccc(C(=O)NC[C@H](O)c2ccccc2Cl)cc1. The molecule has 0 bridgehead atoms. The van der Waals surface area contributed by atoms with Gasteiger partial charge in [0.2, 0.25) is 6.41 Å². The Morgan fingerprint density at radius 1 is 1.18 bits per heavy atom. The van der Waals surface area contributed by atoms with Crippen LogP contribution in [0, 0.1) is 0 Å². The number of hydrogen-bond donors (Lipinski definition) is 3. The maximum absolute atomic E-state index is 12.0. The Morgan fingerprint density at radius 2 is 1.86 bits per heavy atom. The van der Waals surface area contributed by atoms with Crippen LogP contribution < -0.4 is 10.6 Å². The molecule has 0 saturated heterocycles. The Labute approximate surface area is 132 Å². The highest BCUT2D eigenvalue weighted by atomic mass is 35.5. The van der Waals surface area contributed by atoms with Crippen molar-refractivity contribution in [3.63, 3.8) is 0 Å². The van der Waals surface area contributed by atoms with Crippen LogP contribution in [0.25, 0.3) is 0 Å². The Hall–Kier alpha value is -2.37. The fourth-order valence-corrected chi connectivity index (χ4v) is 2.19. The van der Waals surface area contributed by atoms with Crippen molar-refractivity contribution in [2.24, 2.45) is 0 Å². The highest BCUT2D eigenvalue weighted by molar-refractivity contribution is 6.31. The Balaban J connectivity index is 1.94. The maximum atomic E-state index is 12.0. The molecule has 0 spiro atoms. The van der Waals surface area contributed by atoms with Gasteiger partial charge in [0.25, 0.3) is 5.91 Å². The molecule has 5 nitrogen and oxygen atoms in total. The van der Waals surface area contributed by atoms with E-state index in [1.807, 2.05) is 0 Å². The van der Waals surface area contributed by atoms with Crippen LogP contribution in [-0.2, 0) is 4.79 Å². The molecule has 2 aromatic carbocycles. The monoisotopic (exact) mass is 318 g/mol. The normalized spacial score (nSPS) is 11.5. The van der Waals surface area contributed by atoms with Crippen molar-refractivity contribution in [3.8, 4) is 0 Å². The first kappa shape index (κ1) is 16.0. The number of carbonyl (C=O) groups excluding carboxylic acids is 2. The molecule has 2 rings (SSSR count).